The summed E-state index contributed by atoms with van der Waals surface area (Å²) in [4.78, 5) is 0. The van der Waals surface area contributed by atoms with Crippen LogP contribution in [0, 0.1) is 5.92 Å². The molecule has 1 aliphatic heterocycles. The van der Waals surface area contributed by atoms with Crippen LogP contribution in [0.1, 0.15) is 6.42 Å². The van der Waals surface area contributed by atoms with Crippen molar-refractivity contribution in [3.05, 3.63) is 0 Å². The Morgan fingerprint density at radius 2 is 2.56 bits per heavy atom. The molecule has 2 atom stereocenters. The number of ether oxygens (including phenoxy) is 1. The molecule has 0 aromatic carbocycles. The maximum absolute atomic E-state index is 5.67. The molecule has 0 aromatic heterocycles. The van der Waals surface area contributed by atoms with Crippen molar-refractivity contribution in [1.29, 1.82) is 0 Å². The minimum Gasteiger partial charge on any atom is -0.384 e. The fraction of sp³-hybridized carbons (Fsp3) is 1.00. The van der Waals surface area contributed by atoms with Crippen molar-refractivity contribution in [1.82, 2.24) is 5.32 Å². The zero-order chi connectivity index (χ0) is 6.69. The van der Waals surface area contributed by atoms with Crippen molar-refractivity contribution in [3.8, 4) is 0 Å². The van der Waals surface area contributed by atoms with Gasteiger partial charge in [0.1, 0.15) is 0 Å². The summed E-state index contributed by atoms with van der Waals surface area (Å²) in [6, 6.07) is 0. The van der Waals surface area contributed by atoms with E-state index in [0.717, 1.165) is 19.6 Å². The third-order valence-electron chi connectivity index (χ3n) is 1.78. The van der Waals surface area contributed by atoms with Crippen LogP contribution < -0.4 is 11.1 Å². The van der Waals surface area contributed by atoms with Crippen molar-refractivity contribution in [2.75, 3.05) is 20.3 Å². The third kappa shape index (κ3) is 1.64. The Bertz CT molecular complexity index is 87.1. The Hall–Kier alpha value is -0.120. The molecule has 0 aliphatic carbocycles. The lowest BCUT2D eigenvalue weighted by molar-refractivity contribution is 0.146. The average molecular weight is 130 g/mol. The molecule has 0 amide bonds. The SMILES string of the molecule is COCC1CCNC1N. The molecule has 3 N–H and O–H groups in total. The number of methoxy groups -OCH3 is 1. The van der Waals surface area contributed by atoms with Crippen molar-refractivity contribution in [3.63, 3.8) is 0 Å². The standard InChI is InChI=1S/C6H14N2O/c1-9-4-5-2-3-8-6(5)7/h5-6,8H,2-4,7H2,1H3. The van der Waals surface area contributed by atoms with Gasteiger partial charge in [0, 0.05) is 13.0 Å². The molecule has 1 rings (SSSR count). The van der Waals surface area contributed by atoms with Gasteiger partial charge in [0.25, 0.3) is 0 Å². The monoisotopic (exact) mass is 130 g/mol. The molecule has 1 saturated heterocycles. The topological polar surface area (TPSA) is 47.3 Å². The fourth-order valence-corrected chi connectivity index (χ4v) is 1.18. The largest absolute Gasteiger partial charge is 0.384 e. The first-order chi connectivity index (χ1) is 4.34. The van der Waals surface area contributed by atoms with E-state index in [1.807, 2.05) is 0 Å². The van der Waals surface area contributed by atoms with Gasteiger partial charge in [-0.25, -0.2) is 0 Å². The highest BCUT2D eigenvalue weighted by Crippen LogP contribution is 2.10. The van der Waals surface area contributed by atoms with E-state index >= 15 is 0 Å². The summed E-state index contributed by atoms with van der Waals surface area (Å²) in [5.74, 6) is 0.523. The second kappa shape index (κ2) is 3.15. The second-order valence-corrected chi connectivity index (χ2v) is 2.48. The molecular weight excluding hydrogens is 116 g/mol. The molecule has 1 aliphatic rings. The lowest BCUT2D eigenvalue weighted by Gasteiger charge is -2.12. The Labute approximate surface area is 55.6 Å². The zero-order valence-electron chi connectivity index (χ0n) is 5.76. The van der Waals surface area contributed by atoms with Crippen molar-refractivity contribution < 1.29 is 4.74 Å². The molecule has 2 unspecified atom stereocenters. The van der Waals surface area contributed by atoms with Gasteiger partial charge in [-0.2, -0.15) is 0 Å². The van der Waals surface area contributed by atoms with Crippen molar-refractivity contribution in [2.24, 2.45) is 11.7 Å². The van der Waals surface area contributed by atoms with Crippen LogP contribution in [0.2, 0.25) is 0 Å². The lowest BCUT2D eigenvalue weighted by Crippen LogP contribution is -2.37. The van der Waals surface area contributed by atoms with E-state index in [-0.39, 0.29) is 6.17 Å². The Morgan fingerprint density at radius 3 is 3.00 bits per heavy atom. The summed E-state index contributed by atoms with van der Waals surface area (Å²) in [7, 11) is 1.71. The van der Waals surface area contributed by atoms with E-state index in [2.05, 4.69) is 5.32 Å². The predicted octanol–water partition coefficient (Wildman–Crippen LogP) is -0.473. The van der Waals surface area contributed by atoms with Gasteiger partial charge in [0.15, 0.2) is 0 Å². The number of hydrogen-bond donors (Lipinski definition) is 2. The van der Waals surface area contributed by atoms with Gasteiger partial charge < -0.3 is 15.8 Å². The maximum atomic E-state index is 5.67. The van der Waals surface area contributed by atoms with Crippen LogP contribution in [-0.4, -0.2) is 26.4 Å². The molecule has 0 bridgehead atoms. The van der Waals surface area contributed by atoms with Crippen LogP contribution in [-0.2, 0) is 4.74 Å². The third-order valence-corrected chi connectivity index (χ3v) is 1.78. The van der Waals surface area contributed by atoms with Crippen LogP contribution in [0.3, 0.4) is 0 Å². The summed E-state index contributed by atoms with van der Waals surface area (Å²) < 4.78 is 4.98. The van der Waals surface area contributed by atoms with E-state index in [0.29, 0.717) is 5.92 Å². The van der Waals surface area contributed by atoms with Gasteiger partial charge in [-0.15, -0.1) is 0 Å². The minimum absolute atomic E-state index is 0.157. The molecule has 0 saturated carbocycles. The number of nitrogens with two attached hydrogens (primary N) is 1. The summed E-state index contributed by atoms with van der Waals surface area (Å²) in [5.41, 5.74) is 5.67. The van der Waals surface area contributed by atoms with Crippen LogP contribution in [0.4, 0.5) is 0 Å². The molecule has 1 heterocycles. The van der Waals surface area contributed by atoms with E-state index in [9.17, 15) is 0 Å². The summed E-state index contributed by atoms with van der Waals surface area (Å²) >= 11 is 0. The highest BCUT2D eigenvalue weighted by atomic mass is 16.5. The van der Waals surface area contributed by atoms with Crippen molar-refractivity contribution >= 4 is 0 Å². The van der Waals surface area contributed by atoms with Crippen molar-refractivity contribution in [2.45, 2.75) is 12.6 Å². The average Bonchev–Trinajstić information content (AvgIpc) is 2.18. The summed E-state index contributed by atoms with van der Waals surface area (Å²) in [6.07, 6.45) is 1.31. The number of nitrogens with one attached hydrogen (secondary N) is 1. The lowest BCUT2D eigenvalue weighted by atomic mass is 10.1. The zero-order valence-corrected chi connectivity index (χ0v) is 5.76. The van der Waals surface area contributed by atoms with Crippen LogP contribution in [0.5, 0.6) is 0 Å². The first kappa shape index (κ1) is 6.99. The first-order valence-electron chi connectivity index (χ1n) is 3.32. The quantitative estimate of drug-likeness (QED) is 0.531. The van der Waals surface area contributed by atoms with Gasteiger partial charge in [0.2, 0.25) is 0 Å². The number of hydrogen-bond acceptors (Lipinski definition) is 3. The van der Waals surface area contributed by atoms with Gasteiger partial charge in [0.05, 0.1) is 12.8 Å². The smallest absolute Gasteiger partial charge is 0.0598 e. The molecule has 3 nitrogen and oxygen atoms in total. The highest BCUT2D eigenvalue weighted by molar-refractivity contribution is 4.78. The maximum Gasteiger partial charge on any atom is 0.0598 e. The summed E-state index contributed by atoms with van der Waals surface area (Å²) in [5, 5.41) is 3.15. The molecular formula is C6H14N2O. The molecule has 1 fully saturated rings. The van der Waals surface area contributed by atoms with E-state index < -0.39 is 0 Å². The van der Waals surface area contributed by atoms with Gasteiger partial charge in [-0.1, -0.05) is 0 Å². The molecule has 0 spiro atoms. The Morgan fingerprint density at radius 1 is 1.78 bits per heavy atom. The normalized spacial score (nSPS) is 35.3. The molecule has 54 valence electrons. The molecule has 3 heteroatoms. The van der Waals surface area contributed by atoms with Crippen LogP contribution in [0.15, 0.2) is 0 Å². The fourth-order valence-electron chi connectivity index (χ4n) is 1.18. The Kier molecular flexibility index (Phi) is 2.45. The second-order valence-electron chi connectivity index (χ2n) is 2.48. The Balaban J connectivity index is 2.22. The van der Waals surface area contributed by atoms with E-state index in [1.54, 1.807) is 7.11 Å². The first-order valence-corrected chi connectivity index (χ1v) is 3.32. The summed E-state index contributed by atoms with van der Waals surface area (Å²) in [6.45, 7) is 1.82. The van der Waals surface area contributed by atoms with Gasteiger partial charge in [-0.05, 0) is 13.0 Å². The molecule has 9 heavy (non-hydrogen) atoms. The van der Waals surface area contributed by atoms with Gasteiger partial charge >= 0.3 is 0 Å². The molecule has 0 radical (unpaired) electrons. The number of rotatable bonds is 2. The highest BCUT2D eigenvalue weighted by Gasteiger charge is 2.22. The van der Waals surface area contributed by atoms with E-state index in [1.165, 1.54) is 0 Å². The van der Waals surface area contributed by atoms with Crippen LogP contribution >= 0.6 is 0 Å². The molecule has 0 aromatic rings. The minimum atomic E-state index is 0.157. The predicted molar refractivity (Wildman–Crippen MR) is 36.0 cm³/mol. The van der Waals surface area contributed by atoms with Gasteiger partial charge in [-0.3, -0.25) is 0 Å². The van der Waals surface area contributed by atoms with Crippen LogP contribution in [0.25, 0.3) is 0 Å². The van der Waals surface area contributed by atoms with E-state index in [4.69, 9.17) is 10.5 Å².